The lowest BCUT2D eigenvalue weighted by Gasteiger charge is -2.32. The van der Waals surface area contributed by atoms with Crippen molar-refractivity contribution in [3.8, 4) is 0 Å². The molecule has 0 saturated carbocycles. The molecular formula is C17H30N4O3. The average molecular weight is 338 g/mol. The zero-order valence-corrected chi connectivity index (χ0v) is 15.1. The molecule has 0 bridgehead atoms. The Labute approximate surface area is 144 Å². The molecule has 136 valence electrons. The first-order valence-electron chi connectivity index (χ1n) is 8.88. The van der Waals surface area contributed by atoms with Crippen LogP contribution in [-0.2, 0) is 9.59 Å². The van der Waals surface area contributed by atoms with Crippen molar-refractivity contribution in [2.45, 2.75) is 52.0 Å². The van der Waals surface area contributed by atoms with Gasteiger partial charge in [-0.15, -0.1) is 0 Å². The summed E-state index contributed by atoms with van der Waals surface area (Å²) in [6, 6.07) is -0.466. The maximum atomic E-state index is 12.4. The number of nitrogens with one attached hydrogen (secondary N) is 2. The van der Waals surface area contributed by atoms with Gasteiger partial charge in [-0.2, -0.15) is 0 Å². The van der Waals surface area contributed by atoms with Gasteiger partial charge in [0.2, 0.25) is 11.8 Å². The van der Waals surface area contributed by atoms with Gasteiger partial charge in [0.15, 0.2) is 0 Å². The Morgan fingerprint density at radius 1 is 1.00 bits per heavy atom. The van der Waals surface area contributed by atoms with Crippen LogP contribution in [0.25, 0.3) is 0 Å². The molecule has 2 aliphatic heterocycles. The summed E-state index contributed by atoms with van der Waals surface area (Å²) in [6.45, 7) is 9.01. The smallest absolute Gasteiger partial charge is 0.321 e. The number of amides is 4. The predicted molar refractivity (Wildman–Crippen MR) is 91.4 cm³/mol. The number of hydrogen-bond acceptors (Lipinski definition) is 4. The van der Waals surface area contributed by atoms with Crippen molar-refractivity contribution in [3.05, 3.63) is 0 Å². The molecule has 4 amide bonds. The van der Waals surface area contributed by atoms with Crippen LogP contribution in [0.15, 0.2) is 0 Å². The highest BCUT2D eigenvalue weighted by molar-refractivity contribution is 5.95. The Morgan fingerprint density at radius 2 is 1.58 bits per heavy atom. The lowest BCUT2D eigenvalue weighted by Crippen LogP contribution is -2.51. The SMILES string of the molecule is CC(C)(C)NC(=O)NC(=O)CN1CCC(C(=O)N2CCCC2)CC1. The molecule has 7 heteroatoms. The van der Waals surface area contributed by atoms with Crippen molar-refractivity contribution in [2.75, 3.05) is 32.7 Å². The predicted octanol–water partition coefficient (Wildman–Crippen LogP) is 0.945. The topological polar surface area (TPSA) is 81.8 Å². The van der Waals surface area contributed by atoms with Crippen molar-refractivity contribution in [1.82, 2.24) is 20.4 Å². The number of urea groups is 1. The molecule has 0 aromatic carbocycles. The first-order valence-corrected chi connectivity index (χ1v) is 8.88. The number of likely N-dealkylation sites (tertiary alicyclic amines) is 2. The van der Waals surface area contributed by atoms with Crippen molar-refractivity contribution >= 4 is 17.8 Å². The number of carbonyl (C=O) groups is 3. The summed E-state index contributed by atoms with van der Waals surface area (Å²) in [5.74, 6) is 0.0637. The molecular weight excluding hydrogens is 308 g/mol. The van der Waals surface area contributed by atoms with E-state index in [9.17, 15) is 14.4 Å². The molecule has 0 radical (unpaired) electrons. The van der Waals surface area contributed by atoms with Crippen LogP contribution in [-0.4, -0.2) is 65.9 Å². The lowest BCUT2D eigenvalue weighted by atomic mass is 9.95. The second-order valence-electron chi connectivity index (χ2n) is 7.84. The first kappa shape index (κ1) is 18.7. The molecule has 2 N–H and O–H groups in total. The van der Waals surface area contributed by atoms with Gasteiger partial charge in [0.1, 0.15) is 0 Å². The highest BCUT2D eigenvalue weighted by Crippen LogP contribution is 2.21. The number of piperidine rings is 1. The highest BCUT2D eigenvalue weighted by Gasteiger charge is 2.30. The quantitative estimate of drug-likeness (QED) is 0.803. The minimum atomic E-state index is -0.466. The first-order chi connectivity index (χ1) is 11.2. The fourth-order valence-corrected chi connectivity index (χ4v) is 3.27. The van der Waals surface area contributed by atoms with Crippen LogP contribution in [0.1, 0.15) is 46.5 Å². The maximum Gasteiger partial charge on any atom is 0.321 e. The minimum absolute atomic E-state index is 0.0894. The second kappa shape index (κ2) is 7.96. The average Bonchev–Trinajstić information content (AvgIpc) is 2.99. The summed E-state index contributed by atoms with van der Waals surface area (Å²) < 4.78 is 0. The van der Waals surface area contributed by atoms with Gasteiger partial charge in [-0.1, -0.05) is 0 Å². The standard InChI is InChI=1S/C17H30N4O3/c1-17(2,3)19-16(24)18-14(22)12-20-10-6-13(7-11-20)15(23)21-8-4-5-9-21/h13H,4-12H2,1-3H3,(H2,18,19,22,24). The van der Waals surface area contributed by atoms with E-state index in [0.717, 1.165) is 51.9 Å². The molecule has 0 aliphatic carbocycles. The van der Waals surface area contributed by atoms with Crippen LogP contribution in [0.4, 0.5) is 4.79 Å². The van der Waals surface area contributed by atoms with E-state index in [0.29, 0.717) is 0 Å². The summed E-state index contributed by atoms with van der Waals surface area (Å²) in [5.41, 5.74) is -0.376. The summed E-state index contributed by atoms with van der Waals surface area (Å²) >= 11 is 0. The van der Waals surface area contributed by atoms with Crippen LogP contribution >= 0.6 is 0 Å². The fraction of sp³-hybridized carbons (Fsp3) is 0.824. The summed E-state index contributed by atoms with van der Waals surface area (Å²) in [7, 11) is 0. The number of rotatable bonds is 3. The largest absolute Gasteiger partial charge is 0.342 e. The number of hydrogen-bond donors (Lipinski definition) is 2. The molecule has 0 unspecified atom stereocenters. The van der Waals surface area contributed by atoms with Crippen LogP contribution in [0.5, 0.6) is 0 Å². The monoisotopic (exact) mass is 338 g/mol. The summed E-state index contributed by atoms with van der Waals surface area (Å²) in [4.78, 5) is 40.0. The number of nitrogens with zero attached hydrogens (tertiary/aromatic N) is 2. The van der Waals surface area contributed by atoms with Crippen LogP contribution in [0.3, 0.4) is 0 Å². The van der Waals surface area contributed by atoms with Gasteiger partial charge in [0, 0.05) is 24.5 Å². The van der Waals surface area contributed by atoms with Gasteiger partial charge in [0.05, 0.1) is 6.54 Å². The van der Waals surface area contributed by atoms with Crippen molar-refractivity contribution < 1.29 is 14.4 Å². The third-order valence-electron chi connectivity index (χ3n) is 4.46. The summed E-state index contributed by atoms with van der Waals surface area (Å²) in [5, 5.41) is 5.06. The normalized spacial score (nSPS) is 20.0. The van der Waals surface area contributed by atoms with Gasteiger partial charge in [-0.25, -0.2) is 4.79 Å². The third kappa shape index (κ3) is 5.78. The molecule has 0 spiro atoms. The molecule has 0 atom stereocenters. The Morgan fingerprint density at radius 3 is 2.12 bits per heavy atom. The molecule has 2 saturated heterocycles. The van der Waals surface area contributed by atoms with Crippen LogP contribution < -0.4 is 10.6 Å². The number of carbonyl (C=O) groups excluding carboxylic acids is 3. The molecule has 2 heterocycles. The van der Waals surface area contributed by atoms with Gasteiger partial charge < -0.3 is 10.2 Å². The van der Waals surface area contributed by atoms with Crippen molar-refractivity contribution in [2.24, 2.45) is 5.92 Å². The maximum absolute atomic E-state index is 12.4. The van der Waals surface area contributed by atoms with E-state index < -0.39 is 6.03 Å². The molecule has 0 aromatic rings. The molecule has 2 rings (SSSR count). The van der Waals surface area contributed by atoms with Crippen LogP contribution in [0.2, 0.25) is 0 Å². The summed E-state index contributed by atoms with van der Waals surface area (Å²) in [6.07, 6.45) is 3.80. The van der Waals surface area contributed by atoms with E-state index >= 15 is 0 Å². The van der Waals surface area contributed by atoms with Gasteiger partial charge >= 0.3 is 6.03 Å². The van der Waals surface area contributed by atoms with Gasteiger partial charge in [0.25, 0.3) is 0 Å². The Bertz CT molecular complexity index is 473. The van der Waals surface area contributed by atoms with Gasteiger partial charge in [-0.3, -0.25) is 19.8 Å². The zero-order valence-electron chi connectivity index (χ0n) is 15.1. The fourth-order valence-electron chi connectivity index (χ4n) is 3.27. The Balaban J connectivity index is 1.69. The van der Waals surface area contributed by atoms with E-state index in [1.54, 1.807) is 0 Å². The Kier molecular flexibility index (Phi) is 6.21. The van der Waals surface area contributed by atoms with Crippen molar-refractivity contribution in [1.29, 1.82) is 0 Å². The third-order valence-corrected chi connectivity index (χ3v) is 4.46. The molecule has 2 fully saturated rings. The van der Waals surface area contributed by atoms with Gasteiger partial charge in [-0.05, 0) is 59.5 Å². The Hall–Kier alpha value is -1.63. The van der Waals surface area contributed by atoms with Crippen molar-refractivity contribution in [3.63, 3.8) is 0 Å². The second-order valence-corrected chi connectivity index (χ2v) is 7.84. The highest BCUT2D eigenvalue weighted by atomic mass is 16.2. The number of imide groups is 1. The van der Waals surface area contributed by atoms with E-state index in [1.165, 1.54) is 0 Å². The van der Waals surface area contributed by atoms with E-state index in [-0.39, 0.29) is 29.8 Å². The molecule has 7 nitrogen and oxygen atoms in total. The molecule has 24 heavy (non-hydrogen) atoms. The van der Waals surface area contributed by atoms with E-state index in [2.05, 4.69) is 10.6 Å². The molecule has 2 aliphatic rings. The van der Waals surface area contributed by atoms with E-state index in [4.69, 9.17) is 0 Å². The zero-order chi connectivity index (χ0) is 17.7. The van der Waals surface area contributed by atoms with Crippen LogP contribution in [0, 0.1) is 5.92 Å². The van der Waals surface area contributed by atoms with E-state index in [1.807, 2.05) is 30.6 Å². The molecule has 0 aromatic heterocycles. The lowest BCUT2D eigenvalue weighted by molar-refractivity contribution is -0.136. The minimum Gasteiger partial charge on any atom is -0.342 e.